The van der Waals surface area contributed by atoms with Crippen LogP contribution in [0, 0.1) is 24.0 Å². The summed E-state index contributed by atoms with van der Waals surface area (Å²) in [6.45, 7) is 6.52. The highest BCUT2D eigenvalue weighted by atomic mass is 16.6. The fourth-order valence-electron chi connectivity index (χ4n) is 3.20. The lowest BCUT2D eigenvalue weighted by Crippen LogP contribution is -2.50. The molecule has 1 saturated heterocycles. The molecule has 1 aliphatic heterocycles. The molecule has 7 heteroatoms. The first kappa shape index (κ1) is 18.7. The molecule has 7 nitrogen and oxygen atoms in total. The summed E-state index contributed by atoms with van der Waals surface area (Å²) >= 11 is 0. The Morgan fingerprint density at radius 3 is 2.48 bits per heavy atom. The van der Waals surface area contributed by atoms with Gasteiger partial charge >= 0.3 is 0 Å². The molecule has 0 spiro atoms. The molecule has 0 N–H and O–H groups in total. The second-order valence-electron chi connectivity index (χ2n) is 6.70. The normalized spacial score (nSPS) is 14.1. The minimum atomic E-state index is -0.433. The highest BCUT2D eigenvalue weighted by Gasteiger charge is 2.22. The minimum Gasteiger partial charge on any atom is -0.484 e. The highest BCUT2D eigenvalue weighted by Crippen LogP contribution is 2.23. The first-order chi connectivity index (χ1) is 12.9. The number of benzene rings is 2. The second kappa shape index (κ2) is 8.07. The zero-order valence-corrected chi connectivity index (χ0v) is 15.6. The van der Waals surface area contributed by atoms with Gasteiger partial charge < -0.3 is 14.5 Å². The molecular weight excluding hydrogens is 346 g/mol. The van der Waals surface area contributed by atoms with Gasteiger partial charge in [0, 0.05) is 43.5 Å². The molecule has 0 aliphatic carbocycles. The highest BCUT2D eigenvalue weighted by molar-refractivity contribution is 5.78. The third kappa shape index (κ3) is 4.55. The Hall–Kier alpha value is -3.09. The van der Waals surface area contributed by atoms with E-state index < -0.39 is 4.92 Å². The molecule has 0 radical (unpaired) electrons. The summed E-state index contributed by atoms with van der Waals surface area (Å²) < 4.78 is 5.54. The third-order valence-electron chi connectivity index (χ3n) is 4.73. The number of carbonyl (C=O) groups is 1. The quantitative estimate of drug-likeness (QED) is 0.598. The molecule has 1 heterocycles. The Labute approximate surface area is 158 Å². The van der Waals surface area contributed by atoms with Gasteiger partial charge in [0.1, 0.15) is 5.75 Å². The van der Waals surface area contributed by atoms with Crippen LogP contribution >= 0.6 is 0 Å². The fourth-order valence-corrected chi connectivity index (χ4v) is 3.20. The van der Waals surface area contributed by atoms with Crippen molar-refractivity contribution in [3.8, 4) is 5.75 Å². The number of hydrogen-bond acceptors (Lipinski definition) is 5. The standard InChI is InChI=1S/C20H23N3O4/c1-15-4-3-5-17(12-15)21-8-10-22(11-9-21)20(24)14-27-18-6-7-19(23(25)26)16(2)13-18/h3-7,12-13H,8-11,14H2,1-2H3. The lowest BCUT2D eigenvalue weighted by Gasteiger charge is -2.36. The SMILES string of the molecule is Cc1cccc(N2CCN(C(=O)COc3ccc([N+](=O)[O-])c(C)c3)CC2)c1. The molecule has 2 aromatic rings. The van der Waals surface area contributed by atoms with E-state index in [1.54, 1.807) is 17.9 Å². The maximum absolute atomic E-state index is 12.4. The lowest BCUT2D eigenvalue weighted by molar-refractivity contribution is -0.385. The zero-order chi connectivity index (χ0) is 19.4. The van der Waals surface area contributed by atoms with Crippen LogP contribution in [0.15, 0.2) is 42.5 Å². The van der Waals surface area contributed by atoms with Crippen LogP contribution in [0.5, 0.6) is 5.75 Å². The fraction of sp³-hybridized carbons (Fsp3) is 0.350. The number of anilines is 1. The van der Waals surface area contributed by atoms with Crippen molar-refractivity contribution in [2.75, 3.05) is 37.7 Å². The van der Waals surface area contributed by atoms with Gasteiger partial charge in [0.25, 0.3) is 11.6 Å². The molecular formula is C20H23N3O4. The van der Waals surface area contributed by atoms with E-state index in [4.69, 9.17) is 4.74 Å². The summed E-state index contributed by atoms with van der Waals surface area (Å²) in [6.07, 6.45) is 0. The van der Waals surface area contributed by atoms with E-state index in [0.717, 1.165) is 13.1 Å². The minimum absolute atomic E-state index is 0.0425. The van der Waals surface area contributed by atoms with Crippen LogP contribution in [-0.4, -0.2) is 48.5 Å². The van der Waals surface area contributed by atoms with Crippen LogP contribution in [0.1, 0.15) is 11.1 Å². The summed E-state index contributed by atoms with van der Waals surface area (Å²) in [5.74, 6) is 0.389. The molecule has 0 atom stereocenters. The monoisotopic (exact) mass is 369 g/mol. The summed E-state index contributed by atoms with van der Waals surface area (Å²) in [4.78, 5) is 26.9. The van der Waals surface area contributed by atoms with E-state index >= 15 is 0 Å². The smallest absolute Gasteiger partial charge is 0.272 e. The van der Waals surface area contributed by atoms with Gasteiger partial charge in [0.2, 0.25) is 0 Å². The molecule has 27 heavy (non-hydrogen) atoms. The largest absolute Gasteiger partial charge is 0.484 e. The number of nitro benzene ring substituents is 1. The zero-order valence-electron chi connectivity index (χ0n) is 15.6. The average Bonchev–Trinajstić information content (AvgIpc) is 2.66. The lowest BCUT2D eigenvalue weighted by atomic mass is 10.2. The number of nitrogens with zero attached hydrogens (tertiary/aromatic N) is 3. The van der Waals surface area contributed by atoms with E-state index in [-0.39, 0.29) is 18.2 Å². The number of hydrogen-bond donors (Lipinski definition) is 0. The molecule has 1 amide bonds. The van der Waals surface area contributed by atoms with Crippen LogP contribution in [0.2, 0.25) is 0 Å². The van der Waals surface area contributed by atoms with Crippen LogP contribution < -0.4 is 9.64 Å². The number of carbonyl (C=O) groups excluding carboxylic acids is 1. The van der Waals surface area contributed by atoms with Gasteiger partial charge in [-0.2, -0.15) is 0 Å². The molecule has 0 saturated carbocycles. The second-order valence-corrected chi connectivity index (χ2v) is 6.70. The molecule has 1 aliphatic rings. The van der Waals surface area contributed by atoms with Crippen molar-refractivity contribution in [3.05, 3.63) is 63.7 Å². The van der Waals surface area contributed by atoms with Crippen molar-refractivity contribution in [3.63, 3.8) is 0 Å². The summed E-state index contributed by atoms with van der Waals surface area (Å²) in [6, 6.07) is 12.9. The van der Waals surface area contributed by atoms with Gasteiger partial charge in [-0.15, -0.1) is 0 Å². The first-order valence-electron chi connectivity index (χ1n) is 8.91. The molecule has 0 unspecified atom stereocenters. The average molecular weight is 369 g/mol. The maximum Gasteiger partial charge on any atom is 0.272 e. The Morgan fingerprint density at radius 2 is 1.85 bits per heavy atom. The number of ether oxygens (including phenoxy) is 1. The van der Waals surface area contributed by atoms with E-state index in [1.807, 2.05) is 6.07 Å². The van der Waals surface area contributed by atoms with Crippen LogP contribution in [-0.2, 0) is 4.79 Å². The van der Waals surface area contributed by atoms with Crippen molar-refractivity contribution >= 4 is 17.3 Å². The van der Waals surface area contributed by atoms with Gasteiger partial charge in [0.05, 0.1) is 4.92 Å². The number of amides is 1. The maximum atomic E-state index is 12.4. The summed E-state index contributed by atoms with van der Waals surface area (Å²) in [7, 11) is 0. The summed E-state index contributed by atoms with van der Waals surface area (Å²) in [5, 5.41) is 10.9. The number of aryl methyl sites for hydroxylation is 2. The predicted molar refractivity (Wildman–Crippen MR) is 103 cm³/mol. The number of piperazine rings is 1. The Bertz CT molecular complexity index is 845. The van der Waals surface area contributed by atoms with Gasteiger partial charge in [-0.1, -0.05) is 12.1 Å². The molecule has 0 bridgehead atoms. The molecule has 142 valence electrons. The number of rotatable bonds is 5. The van der Waals surface area contributed by atoms with Crippen LogP contribution in [0.4, 0.5) is 11.4 Å². The summed E-state index contributed by atoms with van der Waals surface area (Å²) in [5.41, 5.74) is 2.95. The first-order valence-corrected chi connectivity index (χ1v) is 8.91. The Balaban J connectivity index is 1.51. The Kier molecular flexibility index (Phi) is 5.59. The van der Waals surface area contributed by atoms with Crippen LogP contribution in [0.3, 0.4) is 0 Å². The van der Waals surface area contributed by atoms with E-state index in [9.17, 15) is 14.9 Å². The van der Waals surface area contributed by atoms with Crippen molar-refractivity contribution < 1.29 is 14.5 Å². The van der Waals surface area contributed by atoms with Crippen molar-refractivity contribution in [2.24, 2.45) is 0 Å². The van der Waals surface area contributed by atoms with Gasteiger partial charge in [-0.05, 0) is 43.7 Å². The van der Waals surface area contributed by atoms with E-state index in [0.29, 0.717) is 24.4 Å². The molecule has 2 aromatic carbocycles. The van der Waals surface area contributed by atoms with Crippen molar-refractivity contribution in [1.29, 1.82) is 0 Å². The van der Waals surface area contributed by atoms with Crippen LogP contribution in [0.25, 0.3) is 0 Å². The molecule has 0 aromatic heterocycles. The Morgan fingerprint density at radius 1 is 1.11 bits per heavy atom. The van der Waals surface area contributed by atoms with Crippen molar-refractivity contribution in [2.45, 2.75) is 13.8 Å². The number of nitro groups is 1. The molecule has 1 fully saturated rings. The van der Waals surface area contributed by atoms with Gasteiger partial charge in [-0.25, -0.2) is 0 Å². The predicted octanol–water partition coefficient (Wildman–Crippen LogP) is 2.94. The molecule has 3 rings (SSSR count). The third-order valence-corrected chi connectivity index (χ3v) is 4.73. The van der Waals surface area contributed by atoms with Gasteiger partial charge in [0.15, 0.2) is 6.61 Å². The van der Waals surface area contributed by atoms with E-state index in [2.05, 4.69) is 30.0 Å². The van der Waals surface area contributed by atoms with Crippen molar-refractivity contribution in [1.82, 2.24) is 4.90 Å². The van der Waals surface area contributed by atoms with Gasteiger partial charge in [-0.3, -0.25) is 14.9 Å². The topological polar surface area (TPSA) is 75.9 Å². The van der Waals surface area contributed by atoms with E-state index in [1.165, 1.54) is 23.4 Å².